The third-order valence-corrected chi connectivity index (χ3v) is 4.89. The van der Waals surface area contributed by atoms with Crippen molar-refractivity contribution in [2.75, 3.05) is 0 Å². The standard InChI is InChI=1S/C16H11NO3S/c18-16(19)10-5-3-6-11-14(10)20-15(17-11)13-8-9-4-1-2-7-12(9)21-13/h1-7,13H,8H2,(H,18,19). The lowest BCUT2D eigenvalue weighted by molar-refractivity contribution is 0.0698. The van der Waals surface area contributed by atoms with Crippen molar-refractivity contribution in [3.63, 3.8) is 0 Å². The monoisotopic (exact) mass is 297 g/mol. The van der Waals surface area contributed by atoms with Crippen LogP contribution in [0.15, 0.2) is 51.8 Å². The van der Waals surface area contributed by atoms with E-state index >= 15 is 0 Å². The average Bonchev–Trinajstić information content (AvgIpc) is 3.09. The number of carboxylic acid groups (broad SMARTS) is 1. The van der Waals surface area contributed by atoms with Crippen LogP contribution in [0.4, 0.5) is 0 Å². The Morgan fingerprint density at radius 2 is 2.10 bits per heavy atom. The predicted octanol–water partition coefficient (Wildman–Crippen LogP) is 3.92. The molecule has 0 fully saturated rings. The van der Waals surface area contributed by atoms with Gasteiger partial charge in [-0.25, -0.2) is 9.78 Å². The van der Waals surface area contributed by atoms with Crippen molar-refractivity contribution < 1.29 is 14.3 Å². The Balaban J connectivity index is 1.76. The van der Waals surface area contributed by atoms with Gasteiger partial charge in [0, 0.05) is 4.90 Å². The van der Waals surface area contributed by atoms with Crippen LogP contribution < -0.4 is 0 Å². The maximum Gasteiger partial charge on any atom is 0.339 e. The number of aromatic carboxylic acids is 1. The summed E-state index contributed by atoms with van der Waals surface area (Å²) in [5, 5.41) is 9.31. The van der Waals surface area contributed by atoms with Gasteiger partial charge in [-0.3, -0.25) is 0 Å². The van der Waals surface area contributed by atoms with Gasteiger partial charge in [-0.15, -0.1) is 11.8 Å². The topological polar surface area (TPSA) is 63.3 Å². The Morgan fingerprint density at radius 3 is 2.90 bits per heavy atom. The van der Waals surface area contributed by atoms with Crippen LogP contribution in [0.2, 0.25) is 0 Å². The van der Waals surface area contributed by atoms with Crippen molar-refractivity contribution in [2.24, 2.45) is 0 Å². The normalized spacial score (nSPS) is 17.0. The van der Waals surface area contributed by atoms with Crippen molar-refractivity contribution in [2.45, 2.75) is 16.6 Å². The molecule has 1 aliphatic heterocycles. The minimum Gasteiger partial charge on any atom is -0.478 e. The van der Waals surface area contributed by atoms with Crippen LogP contribution in [-0.2, 0) is 6.42 Å². The third kappa shape index (κ3) is 2.01. The quantitative estimate of drug-likeness (QED) is 0.776. The molecule has 5 heteroatoms. The lowest BCUT2D eigenvalue weighted by Crippen LogP contribution is -1.95. The molecule has 2 heterocycles. The zero-order valence-corrected chi connectivity index (χ0v) is 11.8. The summed E-state index contributed by atoms with van der Waals surface area (Å²) in [5.74, 6) is -0.398. The Kier molecular flexibility index (Phi) is 2.75. The second-order valence-corrected chi connectivity index (χ2v) is 6.17. The summed E-state index contributed by atoms with van der Waals surface area (Å²) >= 11 is 1.72. The van der Waals surface area contributed by atoms with Gasteiger partial charge in [0.05, 0.1) is 5.25 Å². The molecule has 3 aromatic rings. The molecule has 0 radical (unpaired) electrons. The van der Waals surface area contributed by atoms with Crippen molar-refractivity contribution in [1.29, 1.82) is 0 Å². The van der Waals surface area contributed by atoms with Gasteiger partial charge in [0.1, 0.15) is 11.1 Å². The molecule has 0 saturated heterocycles. The molecule has 21 heavy (non-hydrogen) atoms. The average molecular weight is 297 g/mol. The first-order valence-electron chi connectivity index (χ1n) is 6.59. The van der Waals surface area contributed by atoms with Gasteiger partial charge in [-0.05, 0) is 30.2 Å². The molecule has 1 aliphatic rings. The Morgan fingerprint density at radius 1 is 1.24 bits per heavy atom. The van der Waals surface area contributed by atoms with Gasteiger partial charge in [0.25, 0.3) is 0 Å². The lowest BCUT2D eigenvalue weighted by Gasteiger charge is -2.01. The molecule has 1 atom stereocenters. The number of para-hydroxylation sites is 1. The first-order valence-corrected chi connectivity index (χ1v) is 7.47. The van der Waals surface area contributed by atoms with E-state index in [2.05, 4.69) is 17.1 Å². The summed E-state index contributed by atoms with van der Waals surface area (Å²) in [7, 11) is 0. The zero-order valence-electron chi connectivity index (χ0n) is 10.9. The number of rotatable bonds is 2. The fraction of sp³-hybridized carbons (Fsp3) is 0.125. The van der Waals surface area contributed by atoms with E-state index < -0.39 is 5.97 Å². The molecule has 0 spiro atoms. The van der Waals surface area contributed by atoms with Crippen LogP contribution in [0.25, 0.3) is 11.1 Å². The van der Waals surface area contributed by atoms with Gasteiger partial charge in [0.15, 0.2) is 5.58 Å². The third-order valence-electron chi connectivity index (χ3n) is 3.58. The number of carboxylic acids is 1. The molecule has 0 bridgehead atoms. The minimum atomic E-state index is -0.995. The first kappa shape index (κ1) is 12.5. The van der Waals surface area contributed by atoms with E-state index in [0.717, 1.165) is 6.42 Å². The summed E-state index contributed by atoms with van der Waals surface area (Å²) in [5.41, 5.74) is 2.40. The molecular formula is C16H11NO3S. The molecule has 4 nitrogen and oxygen atoms in total. The van der Waals surface area contributed by atoms with Gasteiger partial charge >= 0.3 is 5.97 Å². The van der Waals surface area contributed by atoms with Crippen molar-refractivity contribution in [3.8, 4) is 0 Å². The number of oxazole rings is 1. The highest BCUT2D eigenvalue weighted by atomic mass is 32.2. The molecular weight excluding hydrogens is 286 g/mol. The molecule has 2 aromatic carbocycles. The van der Waals surface area contributed by atoms with Crippen molar-refractivity contribution >= 4 is 28.8 Å². The van der Waals surface area contributed by atoms with Crippen molar-refractivity contribution in [3.05, 3.63) is 59.5 Å². The largest absolute Gasteiger partial charge is 0.478 e. The number of fused-ring (bicyclic) bond motifs is 2. The first-order chi connectivity index (χ1) is 10.2. The van der Waals surface area contributed by atoms with E-state index in [-0.39, 0.29) is 10.8 Å². The van der Waals surface area contributed by atoms with E-state index in [9.17, 15) is 9.90 Å². The maximum absolute atomic E-state index is 11.2. The summed E-state index contributed by atoms with van der Waals surface area (Å²) in [6, 6.07) is 13.2. The lowest BCUT2D eigenvalue weighted by atomic mass is 10.1. The number of carbonyl (C=O) groups is 1. The number of hydrogen-bond acceptors (Lipinski definition) is 4. The van der Waals surface area contributed by atoms with Crippen LogP contribution in [0, 0.1) is 0 Å². The van der Waals surface area contributed by atoms with E-state index in [1.807, 2.05) is 12.1 Å². The predicted molar refractivity (Wildman–Crippen MR) is 79.7 cm³/mol. The van der Waals surface area contributed by atoms with Gasteiger partial charge < -0.3 is 9.52 Å². The van der Waals surface area contributed by atoms with Gasteiger partial charge in [-0.2, -0.15) is 0 Å². The number of nitrogens with zero attached hydrogens (tertiary/aromatic N) is 1. The van der Waals surface area contributed by atoms with Crippen LogP contribution in [0.1, 0.15) is 27.1 Å². The van der Waals surface area contributed by atoms with Crippen LogP contribution in [-0.4, -0.2) is 16.1 Å². The zero-order chi connectivity index (χ0) is 14.4. The van der Waals surface area contributed by atoms with Crippen LogP contribution >= 0.6 is 11.8 Å². The molecule has 104 valence electrons. The highest BCUT2D eigenvalue weighted by Crippen LogP contribution is 2.46. The fourth-order valence-electron chi connectivity index (χ4n) is 2.59. The highest BCUT2D eigenvalue weighted by molar-refractivity contribution is 7.99. The van der Waals surface area contributed by atoms with Gasteiger partial charge in [0.2, 0.25) is 5.89 Å². The van der Waals surface area contributed by atoms with E-state index in [1.54, 1.807) is 23.9 Å². The SMILES string of the molecule is O=C(O)c1cccc2nc(C3Cc4ccccc4S3)oc12. The molecule has 0 amide bonds. The summed E-state index contributed by atoms with van der Waals surface area (Å²) in [6.07, 6.45) is 0.857. The molecule has 4 rings (SSSR count). The minimum absolute atomic E-state index is 0.108. The highest BCUT2D eigenvalue weighted by Gasteiger charge is 2.28. The van der Waals surface area contributed by atoms with E-state index in [0.29, 0.717) is 17.0 Å². The maximum atomic E-state index is 11.2. The number of aromatic nitrogens is 1. The molecule has 1 N–H and O–H groups in total. The smallest absolute Gasteiger partial charge is 0.339 e. The second-order valence-electron chi connectivity index (χ2n) is 4.93. The Bertz CT molecular complexity index is 831. The van der Waals surface area contributed by atoms with Crippen LogP contribution in [0.3, 0.4) is 0 Å². The number of thioether (sulfide) groups is 1. The molecule has 1 aromatic heterocycles. The van der Waals surface area contributed by atoms with E-state index in [1.165, 1.54) is 16.5 Å². The fourth-order valence-corrected chi connectivity index (χ4v) is 3.82. The number of benzene rings is 2. The van der Waals surface area contributed by atoms with Crippen molar-refractivity contribution in [1.82, 2.24) is 4.98 Å². The molecule has 0 saturated carbocycles. The summed E-state index contributed by atoms with van der Waals surface area (Å²) in [6.45, 7) is 0. The van der Waals surface area contributed by atoms with Crippen LogP contribution in [0.5, 0.6) is 0 Å². The summed E-state index contributed by atoms with van der Waals surface area (Å²) in [4.78, 5) is 16.9. The number of hydrogen-bond donors (Lipinski definition) is 1. The second kappa shape index (κ2) is 4.63. The van der Waals surface area contributed by atoms with Gasteiger partial charge in [-0.1, -0.05) is 24.3 Å². The molecule has 1 unspecified atom stereocenters. The molecule has 0 aliphatic carbocycles. The Hall–Kier alpha value is -2.27. The van der Waals surface area contributed by atoms with E-state index in [4.69, 9.17) is 4.42 Å². The Labute approximate surface area is 124 Å². The summed E-state index contributed by atoms with van der Waals surface area (Å²) < 4.78 is 5.76.